The van der Waals surface area contributed by atoms with Gasteiger partial charge in [0.25, 0.3) is 0 Å². The van der Waals surface area contributed by atoms with Gasteiger partial charge in [0.2, 0.25) is 0 Å². The molecule has 0 amide bonds. The third kappa shape index (κ3) is 17.7. The molecule has 1 N–H and O–H groups in total. The highest BCUT2D eigenvalue weighted by atomic mass is 16.5. The molecule has 0 saturated carbocycles. The van der Waals surface area contributed by atoms with E-state index in [1.807, 2.05) is 21.1 Å². The third-order valence-corrected chi connectivity index (χ3v) is 4.26. The number of carbonyl (C=O) groups is 2. The van der Waals surface area contributed by atoms with Gasteiger partial charge in [-0.2, -0.15) is 0 Å². The Morgan fingerprint density at radius 1 is 0.923 bits per heavy atom. The molecule has 0 aliphatic heterocycles. The standard InChI is InChI=1S/C21H41NO4/c1-5-6-7-8-9-10-11-12-13-14-15-16-21(25)26-19(17-20(23)24)18-22(2,3)4/h19H,5-18H2,1-4H3/p+1/t19-/m1/s1/i1D3. The van der Waals surface area contributed by atoms with E-state index in [0.717, 1.165) is 51.4 Å². The summed E-state index contributed by atoms with van der Waals surface area (Å²) in [6.07, 6.45) is 10.3. The topological polar surface area (TPSA) is 63.6 Å². The zero-order valence-electron chi connectivity index (χ0n) is 20.1. The summed E-state index contributed by atoms with van der Waals surface area (Å²) in [5.74, 6) is -1.25. The number of unbranched alkanes of at least 4 members (excludes halogenated alkanes) is 9. The van der Waals surface area contributed by atoms with E-state index in [1.165, 1.54) is 12.8 Å². The quantitative estimate of drug-likeness (QED) is 0.226. The molecule has 0 rings (SSSR count). The predicted octanol–water partition coefficient (Wildman–Crippen LogP) is 4.78. The first-order valence-corrected chi connectivity index (χ1v) is 10.1. The van der Waals surface area contributed by atoms with E-state index >= 15 is 0 Å². The van der Waals surface area contributed by atoms with Crippen LogP contribution in [0.15, 0.2) is 0 Å². The summed E-state index contributed by atoms with van der Waals surface area (Å²) < 4.78 is 27.4. The Balaban J connectivity index is 3.66. The van der Waals surface area contributed by atoms with E-state index in [-0.39, 0.29) is 12.4 Å². The number of quaternary nitrogens is 1. The molecule has 0 aromatic carbocycles. The molecule has 0 fully saturated rings. The van der Waals surface area contributed by atoms with Gasteiger partial charge in [-0.25, -0.2) is 0 Å². The zero-order valence-corrected chi connectivity index (χ0v) is 17.1. The van der Waals surface area contributed by atoms with Crippen LogP contribution in [-0.4, -0.2) is 55.3 Å². The highest BCUT2D eigenvalue weighted by Crippen LogP contribution is 2.13. The molecule has 0 saturated heterocycles. The molecule has 0 aromatic rings. The van der Waals surface area contributed by atoms with Crippen molar-refractivity contribution in [3.8, 4) is 0 Å². The fourth-order valence-corrected chi connectivity index (χ4v) is 3.00. The van der Waals surface area contributed by atoms with Gasteiger partial charge in [0.05, 0.1) is 27.6 Å². The number of aliphatic carboxylic acids is 1. The van der Waals surface area contributed by atoms with Crippen LogP contribution in [-0.2, 0) is 14.3 Å². The van der Waals surface area contributed by atoms with Crippen LogP contribution in [0.5, 0.6) is 0 Å². The zero-order chi connectivity index (χ0) is 22.3. The summed E-state index contributed by atoms with van der Waals surface area (Å²) in [7, 11) is 5.83. The van der Waals surface area contributed by atoms with Gasteiger partial charge in [-0.3, -0.25) is 9.59 Å². The number of nitrogens with zero attached hydrogens (tertiary/aromatic N) is 1. The van der Waals surface area contributed by atoms with Crippen LogP contribution >= 0.6 is 0 Å². The number of hydrogen-bond donors (Lipinski definition) is 1. The van der Waals surface area contributed by atoms with Crippen LogP contribution in [0.4, 0.5) is 0 Å². The van der Waals surface area contributed by atoms with Crippen molar-refractivity contribution in [2.75, 3.05) is 27.7 Å². The Labute approximate surface area is 164 Å². The van der Waals surface area contributed by atoms with Crippen molar-refractivity contribution in [2.24, 2.45) is 0 Å². The number of carboxylic acid groups (broad SMARTS) is 1. The number of esters is 1. The monoisotopic (exact) mass is 375 g/mol. The second-order valence-electron chi connectivity index (χ2n) is 8.22. The Kier molecular flexibility index (Phi) is 11.3. The number of hydrogen-bond acceptors (Lipinski definition) is 3. The summed E-state index contributed by atoms with van der Waals surface area (Å²) in [5.41, 5.74) is 0. The molecule has 5 heteroatoms. The van der Waals surface area contributed by atoms with E-state index < -0.39 is 18.9 Å². The molecule has 0 spiro atoms. The predicted molar refractivity (Wildman–Crippen MR) is 106 cm³/mol. The van der Waals surface area contributed by atoms with Crippen molar-refractivity contribution in [3.05, 3.63) is 0 Å². The molecule has 0 radical (unpaired) electrons. The summed E-state index contributed by atoms with van der Waals surface area (Å²) in [5, 5.41) is 8.98. The first-order chi connectivity index (χ1) is 13.4. The second-order valence-corrected chi connectivity index (χ2v) is 8.22. The number of likely N-dealkylation sites (N-methyl/N-ethyl adjacent to an activating group) is 1. The van der Waals surface area contributed by atoms with Crippen LogP contribution in [0.3, 0.4) is 0 Å². The Morgan fingerprint density at radius 2 is 1.42 bits per heavy atom. The van der Waals surface area contributed by atoms with Crippen molar-refractivity contribution in [2.45, 2.75) is 96.4 Å². The average molecular weight is 376 g/mol. The molecule has 0 unspecified atom stereocenters. The maximum Gasteiger partial charge on any atom is 0.307 e. The molecule has 5 nitrogen and oxygen atoms in total. The fourth-order valence-electron chi connectivity index (χ4n) is 3.00. The number of rotatable bonds is 17. The average Bonchev–Trinajstić information content (AvgIpc) is 2.52. The van der Waals surface area contributed by atoms with Gasteiger partial charge in [0.15, 0.2) is 6.10 Å². The Morgan fingerprint density at radius 3 is 1.88 bits per heavy atom. The minimum atomic E-state index is -1.78. The van der Waals surface area contributed by atoms with Gasteiger partial charge < -0.3 is 14.3 Å². The first kappa shape index (κ1) is 19.7. The highest BCUT2D eigenvalue weighted by molar-refractivity contribution is 5.71. The van der Waals surface area contributed by atoms with E-state index in [1.54, 1.807) is 0 Å². The lowest BCUT2D eigenvalue weighted by atomic mass is 10.1. The van der Waals surface area contributed by atoms with Crippen molar-refractivity contribution in [1.82, 2.24) is 0 Å². The Bertz CT molecular complexity index is 462. The lowest BCUT2D eigenvalue weighted by molar-refractivity contribution is -0.873. The molecule has 154 valence electrons. The fraction of sp³-hybridized carbons (Fsp3) is 0.905. The minimum Gasteiger partial charge on any atom is -0.481 e. The SMILES string of the molecule is [2H]C([2H])([2H])CCCCCCCCCCCCC(=O)O[C@H](CC(=O)O)C[N+](C)(C)C. The summed E-state index contributed by atoms with van der Waals surface area (Å²) in [4.78, 5) is 22.9. The molecule has 0 aliphatic carbocycles. The van der Waals surface area contributed by atoms with Crippen LogP contribution in [0, 0.1) is 0 Å². The van der Waals surface area contributed by atoms with E-state index in [2.05, 4.69) is 0 Å². The summed E-state index contributed by atoms with van der Waals surface area (Å²) in [6.45, 7) is -1.30. The van der Waals surface area contributed by atoms with Crippen LogP contribution in [0.25, 0.3) is 0 Å². The first-order valence-electron chi connectivity index (χ1n) is 11.6. The van der Waals surface area contributed by atoms with Gasteiger partial charge in [-0.1, -0.05) is 71.1 Å². The van der Waals surface area contributed by atoms with Crippen molar-refractivity contribution < 1.29 is 28.0 Å². The van der Waals surface area contributed by atoms with Gasteiger partial charge in [0.1, 0.15) is 6.54 Å². The lowest BCUT2D eigenvalue weighted by Crippen LogP contribution is -2.43. The van der Waals surface area contributed by atoms with Crippen molar-refractivity contribution in [1.29, 1.82) is 0 Å². The molecule has 0 aromatic heterocycles. The second kappa shape index (κ2) is 15.0. The Hall–Kier alpha value is -1.10. The summed E-state index contributed by atoms with van der Waals surface area (Å²) >= 11 is 0. The van der Waals surface area contributed by atoms with E-state index in [0.29, 0.717) is 23.9 Å². The molecule has 0 bridgehead atoms. The lowest BCUT2D eigenvalue weighted by Gasteiger charge is -2.28. The third-order valence-electron chi connectivity index (χ3n) is 4.26. The molecule has 0 heterocycles. The van der Waals surface area contributed by atoms with Gasteiger partial charge in [-0.15, -0.1) is 0 Å². The van der Waals surface area contributed by atoms with Gasteiger partial charge in [-0.05, 0) is 6.42 Å². The van der Waals surface area contributed by atoms with E-state index in [4.69, 9.17) is 14.0 Å². The van der Waals surface area contributed by atoms with Gasteiger partial charge in [0, 0.05) is 10.5 Å². The van der Waals surface area contributed by atoms with Gasteiger partial charge >= 0.3 is 11.9 Å². The number of ether oxygens (including phenoxy) is 1. The van der Waals surface area contributed by atoms with Crippen LogP contribution in [0.1, 0.15) is 94.4 Å². The minimum absolute atomic E-state index is 0.155. The number of carbonyl (C=O) groups excluding carboxylic acids is 1. The van der Waals surface area contributed by atoms with E-state index in [9.17, 15) is 9.59 Å². The molecule has 1 atom stereocenters. The summed E-state index contributed by atoms with van der Waals surface area (Å²) in [6, 6.07) is 0. The smallest absolute Gasteiger partial charge is 0.307 e. The van der Waals surface area contributed by atoms with Crippen molar-refractivity contribution in [3.63, 3.8) is 0 Å². The molecule has 0 aliphatic rings. The molecule has 26 heavy (non-hydrogen) atoms. The molecular formula is C21H42NO4+. The number of carboxylic acids is 1. The highest BCUT2D eigenvalue weighted by Gasteiger charge is 2.24. The maximum absolute atomic E-state index is 12.0. The van der Waals surface area contributed by atoms with Crippen LogP contribution < -0.4 is 0 Å². The van der Waals surface area contributed by atoms with Crippen molar-refractivity contribution >= 4 is 11.9 Å². The van der Waals surface area contributed by atoms with Crippen LogP contribution in [0.2, 0.25) is 0 Å². The molecular weight excluding hydrogens is 330 g/mol. The normalized spacial score (nSPS) is 15.0. The largest absolute Gasteiger partial charge is 0.481 e. The maximum atomic E-state index is 12.0.